The van der Waals surface area contributed by atoms with Gasteiger partial charge in [0.05, 0.1) is 33.0 Å². The van der Waals surface area contributed by atoms with Crippen LogP contribution in [-0.4, -0.2) is 32.7 Å². The molecule has 0 fully saturated rings. The van der Waals surface area contributed by atoms with Crippen molar-refractivity contribution in [3.8, 4) is 0 Å². The minimum Gasteiger partial charge on any atom is -0.321 e. The van der Waals surface area contributed by atoms with E-state index in [1.54, 1.807) is 18.2 Å². The van der Waals surface area contributed by atoms with E-state index in [0.29, 0.717) is 16.8 Å². The molecule has 1 N–H and O–H groups in total. The molecule has 1 amide bonds. The van der Waals surface area contributed by atoms with Gasteiger partial charge in [-0.3, -0.25) is 9.10 Å². The molecular formula is C22H19Cl3FN3O3S. The Labute approximate surface area is 206 Å². The maximum absolute atomic E-state index is 14.4. The van der Waals surface area contributed by atoms with Crippen LogP contribution in [0.5, 0.6) is 0 Å². The van der Waals surface area contributed by atoms with E-state index < -0.39 is 21.9 Å². The zero-order valence-electron chi connectivity index (χ0n) is 17.5. The fourth-order valence-electron chi connectivity index (χ4n) is 2.88. The fraction of sp³-hybridized carbons (Fsp3) is 0.136. The normalized spacial score (nSPS) is 11.5. The average Bonchev–Trinajstić information content (AvgIpc) is 2.76. The Balaban J connectivity index is 1.84. The molecule has 6 nitrogen and oxygen atoms in total. The van der Waals surface area contributed by atoms with Crippen molar-refractivity contribution in [3.63, 3.8) is 0 Å². The van der Waals surface area contributed by atoms with Gasteiger partial charge in [0.25, 0.3) is 5.91 Å². The van der Waals surface area contributed by atoms with Gasteiger partial charge in [-0.15, -0.1) is 0 Å². The van der Waals surface area contributed by atoms with E-state index in [9.17, 15) is 17.6 Å². The molecular weight excluding hydrogens is 512 g/mol. The van der Waals surface area contributed by atoms with Gasteiger partial charge < -0.3 is 5.32 Å². The number of benzene rings is 3. The second-order valence-corrected chi connectivity index (χ2v) is 10.4. The highest BCUT2D eigenvalue weighted by Crippen LogP contribution is 2.32. The lowest BCUT2D eigenvalue weighted by atomic mass is 10.1. The first kappa shape index (κ1) is 25.3. The monoisotopic (exact) mass is 529 g/mol. The van der Waals surface area contributed by atoms with Crippen LogP contribution in [0, 0.1) is 5.82 Å². The van der Waals surface area contributed by atoms with Gasteiger partial charge >= 0.3 is 10.2 Å². The van der Waals surface area contributed by atoms with E-state index >= 15 is 0 Å². The van der Waals surface area contributed by atoms with E-state index in [2.05, 4.69) is 5.32 Å². The third-order valence-corrected chi connectivity index (χ3v) is 7.50. The SMILES string of the molecule is CN(C)S(=O)(=O)N(Cc1ccc(C(=O)Nc2cc(Cl)c(Cl)cc2Cl)cc1)c1ccccc1F. The number of nitrogens with zero attached hydrogens (tertiary/aromatic N) is 2. The number of halogens is 4. The first-order valence-electron chi connectivity index (χ1n) is 9.50. The van der Waals surface area contributed by atoms with Crippen molar-refractivity contribution in [2.75, 3.05) is 23.7 Å². The maximum Gasteiger partial charge on any atom is 0.303 e. The molecule has 0 spiro atoms. The van der Waals surface area contributed by atoms with Crippen molar-refractivity contribution >= 4 is 62.3 Å². The van der Waals surface area contributed by atoms with E-state index in [0.717, 1.165) is 8.61 Å². The van der Waals surface area contributed by atoms with Gasteiger partial charge in [0, 0.05) is 19.7 Å². The van der Waals surface area contributed by atoms with Crippen LogP contribution in [0.1, 0.15) is 15.9 Å². The van der Waals surface area contributed by atoms with Gasteiger partial charge in [-0.2, -0.15) is 12.7 Å². The highest BCUT2D eigenvalue weighted by Gasteiger charge is 2.27. The summed E-state index contributed by atoms with van der Waals surface area (Å²) < 4.78 is 42.0. The molecule has 11 heteroatoms. The van der Waals surface area contributed by atoms with Gasteiger partial charge in [-0.05, 0) is 42.0 Å². The summed E-state index contributed by atoms with van der Waals surface area (Å²) in [5.74, 6) is -1.12. The third-order valence-electron chi connectivity index (χ3n) is 4.66. The lowest BCUT2D eigenvalue weighted by Gasteiger charge is -2.27. The van der Waals surface area contributed by atoms with Crippen molar-refractivity contribution in [1.29, 1.82) is 0 Å². The molecule has 0 aliphatic heterocycles. The molecule has 0 heterocycles. The van der Waals surface area contributed by atoms with Crippen molar-refractivity contribution in [2.24, 2.45) is 0 Å². The first-order valence-corrected chi connectivity index (χ1v) is 12.0. The second kappa shape index (κ2) is 10.3. The topological polar surface area (TPSA) is 69.7 Å². The molecule has 3 aromatic rings. The lowest BCUT2D eigenvalue weighted by Crippen LogP contribution is -2.40. The molecule has 0 atom stereocenters. The molecule has 0 aliphatic carbocycles. The minimum absolute atomic E-state index is 0.0812. The molecule has 174 valence electrons. The Bertz CT molecular complexity index is 1290. The number of carbonyl (C=O) groups is 1. The third kappa shape index (κ3) is 5.77. The predicted molar refractivity (Wildman–Crippen MR) is 131 cm³/mol. The number of hydrogen-bond acceptors (Lipinski definition) is 3. The molecule has 0 saturated carbocycles. The average molecular weight is 531 g/mol. The maximum atomic E-state index is 14.4. The largest absolute Gasteiger partial charge is 0.321 e. The number of carbonyl (C=O) groups excluding carboxylic acids is 1. The Morgan fingerprint density at radius 3 is 2.15 bits per heavy atom. The van der Waals surface area contributed by atoms with Crippen molar-refractivity contribution < 1.29 is 17.6 Å². The summed E-state index contributed by atoms with van der Waals surface area (Å²) in [6.07, 6.45) is 0. The van der Waals surface area contributed by atoms with Crippen LogP contribution < -0.4 is 9.62 Å². The molecule has 0 saturated heterocycles. The quantitative estimate of drug-likeness (QED) is 0.390. The standard InChI is InChI=1S/C22H19Cl3FN3O3S/c1-28(2)33(31,32)29(21-6-4-3-5-19(21)26)13-14-7-9-15(10-8-14)22(30)27-20-12-17(24)16(23)11-18(20)25/h3-12H,13H2,1-2H3,(H,27,30). The van der Waals surface area contributed by atoms with E-state index in [4.69, 9.17) is 34.8 Å². The van der Waals surface area contributed by atoms with Crippen LogP contribution in [0.3, 0.4) is 0 Å². The zero-order valence-corrected chi connectivity index (χ0v) is 20.6. The van der Waals surface area contributed by atoms with Crippen LogP contribution in [0.25, 0.3) is 0 Å². The number of anilines is 2. The van der Waals surface area contributed by atoms with Gasteiger partial charge in [-0.1, -0.05) is 59.1 Å². The second-order valence-electron chi connectivity index (χ2n) is 7.15. The van der Waals surface area contributed by atoms with E-state index in [1.807, 2.05) is 0 Å². The van der Waals surface area contributed by atoms with Gasteiger partial charge in [0.2, 0.25) is 0 Å². The van der Waals surface area contributed by atoms with Crippen molar-refractivity contribution in [1.82, 2.24) is 4.31 Å². The highest BCUT2D eigenvalue weighted by molar-refractivity contribution is 7.90. The summed E-state index contributed by atoms with van der Waals surface area (Å²) in [7, 11) is -1.25. The summed E-state index contributed by atoms with van der Waals surface area (Å²) >= 11 is 18.0. The first-order chi connectivity index (χ1) is 15.5. The Morgan fingerprint density at radius 2 is 1.55 bits per heavy atom. The van der Waals surface area contributed by atoms with E-state index in [-0.39, 0.29) is 27.3 Å². The van der Waals surface area contributed by atoms with Crippen LogP contribution in [-0.2, 0) is 16.8 Å². The highest BCUT2D eigenvalue weighted by atomic mass is 35.5. The molecule has 3 rings (SSSR count). The Morgan fingerprint density at radius 1 is 0.939 bits per heavy atom. The van der Waals surface area contributed by atoms with Gasteiger partial charge in [-0.25, -0.2) is 4.39 Å². The lowest BCUT2D eigenvalue weighted by molar-refractivity contribution is 0.102. The number of rotatable bonds is 7. The molecule has 33 heavy (non-hydrogen) atoms. The summed E-state index contributed by atoms with van der Waals surface area (Å²) in [4.78, 5) is 12.6. The summed E-state index contributed by atoms with van der Waals surface area (Å²) in [6, 6.07) is 14.7. The Hall–Kier alpha value is -2.36. The molecule has 0 radical (unpaired) electrons. The summed E-state index contributed by atoms with van der Waals surface area (Å²) in [5.41, 5.74) is 1.06. The van der Waals surface area contributed by atoms with E-state index in [1.165, 1.54) is 56.6 Å². The number of amides is 1. The smallest absolute Gasteiger partial charge is 0.303 e. The zero-order chi connectivity index (χ0) is 24.3. The van der Waals surface area contributed by atoms with Crippen LogP contribution >= 0.6 is 34.8 Å². The molecule has 0 unspecified atom stereocenters. The van der Waals surface area contributed by atoms with Crippen LogP contribution in [0.15, 0.2) is 60.7 Å². The molecule has 0 aliphatic rings. The molecule has 0 aromatic heterocycles. The van der Waals surface area contributed by atoms with Crippen molar-refractivity contribution in [2.45, 2.75) is 6.54 Å². The summed E-state index contributed by atoms with van der Waals surface area (Å²) in [5, 5.41) is 3.37. The van der Waals surface area contributed by atoms with Gasteiger partial charge in [0.1, 0.15) is 5.82 Å². The number of para-hydroxylation sites is 1. The number of nitrogens with one attached hydrogen (secondary N) is 1. The molecule has 3 aromatic carbocycles. The molecule has 0 bridgehead atoms. The Kier molecular flexibility index (Phi) is 7.87. The minimum atomic E-state index is -3.98. The fourth-order valence-corrected chi connectivity index (χ4v) is 4.58. The summed E-state index contributed by atoms with van der Waals surface area (Å²) in [6.45, 7) is -0.137. The number of hydrogen-bond donors (Lipinski definition) is 1. The van der Waals surface area contributed by atoms with Crippen LogP contribution in [0.4, 0.5) is 15.8 Å². The van der Waals surface area contributed by atoms with Gasteiger partial charge in [0.15, 0.2) is 0 Å². The predicted octanol–water partition coefficient (Wildman–Crippen LogP) is 5.85. The van der Waals surface area contributed by atoms with Crippen molar-refractivity contribution in [3.05, 3.63) is 92.7 Å². The van der Waals surface area contributed by atoms with Crippen LogP contribution in [0.2, 0.25) is 15.1 Å².